The minimum Gasteiger partial charge on any atom is -0.479 e. The van der Waals surface area contributed by atoms with Crippen LogP contribution in [0.15, 0.2) is 36.1 Å². The molecule has 2 bridgehead atoms. The molecule has 6 heteroatoms. The Morgan fingerprint density at radius 1 is 1.36 bits per heavy atom. The average Bonchev–Trinajstić information content (AvgIpc) is 2.96. The second-order valence-electron chi connectivity index (χ2n) is 7.34. The van der Waals surface area contributed by atoms with E-state index >= 15 is 0 Å². The average molecular weight is 346 g/mol. The molecule has 0 spiro atoms. The van der Waals surface area contributed by atoms with E-state index in [0.29, 0.717) is 17.8 Å². The smallest absolute Gasteiger partial charge is 0.334 e. The summed E-state index contributed by atoms with van der Waals surface area (Å²) in [6.07, 6.45) is 0.538. The summed E-state index contributed by atoms with van der Waals surface area (Å²) in [7, 11) is 0. The van der Waals surface area contributed by atoms with Crippen molar-refractivity contribution in [3.05, 3.63) is 36.1 Å². The molecule has 0 N–H and O–H groups in total. The molecule has 0 amide bonds. The van der Waals surface area contributed by atoms with Crippen LogP contribution >= 0.6 is 0 Å². The fourth-order valence-corrected chi connectivity index (χ4v) is 3.44. The maximum Gasteiger partial charge on any atom is 0.334 e. The van der Waals surface area contributed by atoms with Crippen LogP contribution in [0, 0.1) is 11.8 Å². The van der Waals surface area contributed by atoms with Crippen LogP contribution in [0.25, 0.3) is 0 Å². The van der Waals surface area contributed by atoms with Gasteiger partial charge in [-0.3, -0.25) is 9.59 Å². The number of ketones is 1. The lowest BCUT2D eigenvalue weighted by atomic mass is 9.81. The topological polar surface area (TPSA) is 78.9 Å². The van der Waals surface area contributed by atoms with E-state index in [1.807, 2.05) is 0 Å². The van der Waals surface area contributed by atoms with Crippen LogP contribution < -0.4 is 0 Å². The molecule has 6 nitrogen and oxygen atoms in total. The van der Waals surface area contributed by atoms with Gasteiger partial charge in [0.1, 0.15) is 18.0 Å². The Balaban J connectivity index is 2.02. The molecule has 2 saturated heterocycles. The highest BCUT2D eigenvalue weighted by Gasteiger charge is 2.52. The fourth-order valence-electron chi connectivity index (χ4n) is 3.44. The highest BCUT2D eigenvalue weighted by molar-refractivity contribution is 6.00. The summed E-state index contributed by atoms with van der Waals surface area (Å²) >= 11 is 0. The molecule has 134 valence electrons. The van der Waals surface area contributed by atoms with Gasteiger partial charge < -0.3 is 14.2 Å². The monoisotopic (exact) mass is 346 g/mol. The van der Waals surface area contributed by atoms with Crippen molar-refractivity contribution < 1.29 is 28.6 Å². The van der Waals surface area contributed by atoms with Crippen molar-refractivity contribution in [3.8, 4) is 0 Å². The molecule has 0 saturated carbocycles. The minimum atomic E-state index is -1.17. The van der Waals surface area contributed by atoms with Crippen LogP contribution in [0.1, 0.15) is 33.6 Å². The maximum absolute atomic E-state index is 12.4. The third kappa shape index (κ3) is 2.90. The molecule has 4 unspecified atom stereocenters. The van der Waals surface area contributed by atoms with Crippen molar-refractivity contribution in [1.29, 1.82) is 0 Å². The van der Waals surface area contributed by atoms with Crippen molar-refractivity contribution >= 4 is 17.7 Å². The normalized spacial score (nSPS) is 34.6. The first-order chi connectivity index (χ1) is 11.6. The van der Waals surface area contributed by atoms with Crippen molar-refractivity contribution in [3.63, 3.8) is 0 Å². The van der Waals surface area contributed by atoms with Crippen LogP contribution in [0.5, 0.6) is 0 Å². The third-order valence-electron chi connectivity index (χ3n) is 4.97. The third-order valence-corrected chi connectivity index (χ3v) is 4.97. The molecule has 3 heterocycles. The van der Waals surface area contributed by atoms with E-state index < -0.39 is 35.7 Å². The van der Waals surface area contributed by atoms with E-state index in [0.717, 1.165) is 0 Å². The Bertz CT molecular complexity index is 715. The van der Waals surface area contributed by atoms with Gasteiger partial charge in [0.25, 0.3) is 0 Å². The molecule has 0 aromatic carbocycles. The van der Waals surface area contributed by atoms with Gasteiger partial charge in [0.15, 0.2) is 5.60 Å². The molecule has 0 aromatic heterocycles. The molecule has 3 rings (SSSR count). The van der Waals surface area contributed by atoms with E-state index in [1.54, 1.807) is 20.8 Å². The Labute approximate surface area is 146 Å². The predicted molar refractivity (Wildman–Crippen MR) is 88.2 cm³/mol. The SMILES string of the molecule is C=C1CC2OC(=O)C(=C)C2C(OC(=O)C(C)C)CC2(C)OC1=CC2=O. The minimum absolute atomic E-state index is 0.119. The molecule has 3 aliphatic heterocycles. The Morgan fingerprint density at radius 3 is 2.68 bits per heavy atom. The molecule has 0 radical (unpaired) electrons. The van der Waals surface area contributed by atoms with Gasteiger partial charge in [0.05, 0.1) is 11.8 Å². The first kappa shape index (κ1) is 17.5. The number of esters is 2. The van der Waals surface area contributed by atoms with Gasteiger partial charge in [-0.15, -0.1) is 0 Å². The molecule has 0 aliphatic carbocycles. The Hall–Kier alpha value is -2.37. The summed E-state index contributed by atoms with van der Waals surface area (Å²) in [6.45, 7) is 12.9. The van der Waals surface area contributed by atoms with Crippen LogP contribution in [0.4, 0.5) is 0 Å². The van der Waals surface area contributed by atoms with Crippen LogP contribution in [-0.4, -0.2) is 35.5 Å². The summed E-state index contributed by atoms with van der Waals surface area (Å²) in [5, 5.41) is 0. The van der Waals surface area contributed by atoms with Gasteiger partial charge in [-0.05, 0) is 12.5 Å². The number of allylic oxidation sites excluding steroid dienone is 1. The van der Waals surface area contributed by atoms with E-state index in [2.05, 4.69) is 13.2 Å². The zero-order valence-corrected chi connectivity index (χ0v) is 14.7. The van der Waals surface area contributed by atoms with Crippen LogP contribution in [0.2, 0.25) is 0 Å². The second kappa shape index (κ2) is 5.86. The predicted octanol–water partition coefficient (Wildman–Crippen LogP) is 2.24. The zero-order valence-electron chi connectivity index (χ0n) is 14.7. The van der Waals surface area contributed by atoms with Crippen LogP contribution in [0.3, 0.4) is 0 Å². The van der Waals surface area contributed by atoms with Crippen molar-refractivity contribution in [2.75, 3.05) is 0 Å². The number of carbonyl (C=O) groups excluding carboxylic acids is 3. The zero-order chi connectivity index (χ0) is 18.5. The molecular weight excluding hydrogens is 324 g/mol. The van der Waals surface area contributed by atoms with Gasteiger partial charge in [-0.25, -0.2) is 4.79 Å². The molecule has 25 heavy (non-hydrogen) atoms. The lowest BCUT2D eigenvalue weighted by Gasteiger charge is -2.31. The largest absolute Gasteiger partial charge is 0.479 e. The molecule has 3 aliphatic rings. The first-order valence-electron chi connectivity index (χ1n) is 8.36. The molecule has 0 aromatic rings. The summed E-state index contributed by atoms with van der Waals surface area (Å²) in [6, 6.07) is 0. The quantitative estimate of drug-likeness (QED) is 0.564. The Kier molecular flexibility index (Phi) is 4.09. The van der Waals surface area contributed by atoms with Crippen LogP contribution in [-0.2, 0) is 28.6 Å². The summed E-state index contributed by atoms with van der Waals surface area (Å²) in [4.78, 5) is 36.7. The molecule has 4 atom stereocenters. The summed E-state index contributed by atoms with van der Waals surface area (Å²) in [5.74, 6) is -1.59. The highest BCUT2D eigenvalue weighted by atomic mass is 16.6. The molecular formula is C19H22O6. The standard InChI is InChI=1S/C19H22O6/c1-9(2)17(21)24-14-8-19(5)15(20)7-12(25-19)10(3)6-13-16(14)11(4)18(22)23-13/h7,9,13-14,16H,3-4,6,8H2,1-2,5H3. The van der Waals surface area contributed by atoms with Crippen molar-refractivity contribution in [1.82, 2.24) is 0 Å². The van der Waals surface area contributed by atoms with E-state index in [9.17, 15) is 14.4 Å². The van der Waals surface area contributed by atoms with Gasteiger partial charge in [-0.1, -0.05) is 27.0 Å². The lowest BCUT2D eigenvalue weighted by Crippen LogP contribution is -2.43. The summed E-state index contributed by atoms with van der Waals surface area (Å²) < 4.78 is 16.9. The number of carbonyl (C=O) groups is 3. The first-order valence-corrected chi connectivity index (χ1v) is 8.36. The number of ether oxygens (including phenoxy) is 3. The van der Waals surface area contributed by atoms with Gasteiger partial charge >= 0.3 is 11.9 Å². The summed E-state index contributed by atoms with van der Waals surface area (Å²) in [5.41, 5.74) is -0.339. The van der Waals surface area contributed by atoms with E-state index in [1.165, 1.54) is 6.08 Å². The fraction of sp³-hybridized carbons (Fsp3) is 0.526. The van der Waals surface area contributed by atoms with Crippen molar-refractivity contribution in [2.24, 2.45) is 11.8 Å². The van der Waals surface area contributed by atoms with E-state index in [4.69, 9.17) is 14.2 Å². The highest BCUT2D eigenvalue weighted by Crippen LogP contribution is 2.44. The maximum atomic E-state index is 12.4. The van der Waals surface area contributed by atoms with E-state index in [-0.39, 0.29) is 23.7 Å². The molecule has 2 fully saturated rings. The van der Waals surface area contributed by atoms with Gasteiger partial charge in [0, 0.05) is 24.5 Å². The Morgan fingerprint density at radius 2 is 2.04 bits per heavy atom. The number of fused-ring (bicyclic) bond motifs is 3. The van der Waals surface area contributed by atoms with Gasteiger partial charge in [-0.2, -0.15) is 0 Å². The number of hydrogen-bond donors (Lipinski definition) is 0. The lowest BCUT2D eigenvalue weighted by molar-refractivity contribution is -0.161. The van der Waals surface area contributed by atoms with Gasteiger partial charge in [0.2, 0.25) is 5.78 Å². The number of rotatable bonds is 2. The second-order valence-corrected chi connectivity index (χ2v) is 7.34. The van der Waals surface area contributed by atoms with Crippen molar-refractivity contribution in [2.45, 2.75) is 51.4 Å². The number of hydrogen-bond acceptors (Lipinski definition) is 6.